The summed E-state index contributed by atoms with van der Waals surface area (Å²) in [6, 6.07) is 3.24. The fraction of sp³-hybridized carbons (Fsp3) is 0.438. The summed E-state index contributed by atoms with van der Waals surface area (Å²) >= 11 is 9.13. The minimum Gasteiger partial charge on any atom is -0.372 e. The van der Waals surface area contributed by atoms with E-state index in [1.807, 2.05) is 0 Å². The van der Waals surface area contributed by atoms with Gasteiger partial charge in [-0.3, -0.25) is 4.79 Å². The highest BCUT2D eigenvalue weighted by molar-refractivity contribution is 9.10. The van der Waals surface area contributed by atoms with E-state index in [2.05, 4.69) is 31.2 Å². The van der Waals surface area contributed by atoms with Crippen molar-refractivity contribution in [1.29, 1.82) is 0 Å². The molecule has 2 aromatic heterocycles. The second kappa shape index (κ2) is 5.74. The maximum absolute atomic E-state index is 13.6. The van der Waals surface area contributed by atoms with Crippen LogP contribution in [-0.4, -0.2) is 27.5 Å². The third-order valence-electron chi connectivity index (χ3n) is 5.04. The summed E-state index contributed by atoms with van der Waals surface area (Å²) < 4.78 is 28.8. The Balaban J connectivity index is 1.83. The number of nitrogens with zero attached hydrogens (tertiary/aromatic N) is 3. The second-order valence-electron chi connectivity index (χ2n) is 6.41. The van der Waals surface area contributed by atoms with E-state index >= 15 is 0 Å². The van der Waals surface area contributed by atoms with Gasteiger partial charge in [0.1, 0.15) is 21.9 Å². The molecule has 0 bridgehead atoms. The molecule has 3 atom stereocenters. The van der Waals surface area contributed by atoms with Gasteiger partial charge in [-0.15, -0.1) is 0 Å². The Labute approximate surface area is 155 Å². The number of alkyl halides is 2. The first-order valence-corrected chi connectivity index (χ1v) is 9.01. The number of fused-ring (bicyclic) bond motifs is 1. The van der Waals surface area contributed by atoms with Crippen molar-refractivity contribution < 1.29 is 8.78 Å². The van der Waals surface area contributed by atoms with Gasteiger partial charge in [0.2, 0.25) is 0 Å². The van der Waals surface area contributed by atoms with Gasteiger partial charge in [0.05, 0.1) is 5.02 Å². The largest absolute Gasteiger partial charge is 0.372 e. The van der Waals surface area contributed by atoms with E-state index in [4.69, 9.17) is 11.6 Å². The Morgan fingerprint density at radius 2 is 2.04 bits per heavy atom. The molecule has 5 nitrogen and oxygen atoms in total. The molecule has 0 aliphatic heterocycles. The van der Waals surface area contributed by atoms with Gasteiger partial charge in [-0.2, -0.15) is 0 Å². The molecular formula is C16H14BrClF2N4O. The molecule has 25 heavy (non-hydrogen) atoms. The highest BCUT2D eigenvalue weighted by atomic mass is 79.9. The molecule has 0 radical (unpaired) electrons. The van der Waals surface area contributed by atoms with Gasteiger partial charge < -0.3 is 5.32 Å². The van der Waals surface area contributed by atoms with Gasteiger partial charge in [0.25, 0.3) is 11.5 Å². The van der Waals surface area contributed by atoms with Crippen molar-refractivity contribution in [2.75, 3.05) is 12.4 Å². The quantitative estimate of drug-likeness (QED) is 0.802. The van der Waals surface area contributed by atoms with E-state index in [9.17, 15) is 13.6 Å². The molecule has 1 N–H and O–H groups in total. The number of nitrogens with one attached hydrogen (secondary N) is 1. The van der Waals surface area contributed by atoms with E-state index < -0.39 is 17.8 Å². The number of pyridine rings is 1. The van der Waals surface area contributed by atoms with Crippen LogP contribution >= 0.6 is 27.5 Å². The lowest BCUT2D eigenvalue weighted by molar-refractivity contribution is 0.0689. The van der Waals surface area contributed by atoms with E-state index in [0.717, 1.165) is 0 Å². The van der Waals surface area contributed by atoms with Crippen molar-refractivity contribution in [3.05, 3.63) is 44.0 Å². The molecule has 4 rings (SSSR count). The summed E-state index contributed by atoms with van der Waals surface area (Å²) in [6.07, 6.45) is 2.08. The molecule has 0 spiro atoms. The van der Waals surface area contributed by atoms with Crippen LogP contribution in [-0.2, 0) is 0 Å². The number of hydrogen-bond donors (Lipinski definition) is 1. The van der Waals surface area contributed by atoms with Crippen LogP contribution in [0.25, 0.3) is 5.82 Å². The molecule has 2 saturated carbocycles. The summed E-state index contributed by atoms with van der Waals surface area (Å²) in [4.78, 5) is 21.6. The molecule has 2 aliphatic rings. The molecule has 0 unspecified atom stereocenters. The SMILES string of the molecule is CNc1nc([C@H]2C[C@@H]3[C@H](C2)C3(F)F)n(-c2ccc(Cl)cn2)c(=O)c1Br. The van der Waals surface area contributed by atoms with Gasteiger partial charge >= 0.3 is 0 Å². The Morgan fingerprint density at radius 1 is 1.36 bits per heavy atom. The third-order valence-corrected chi connectivity index (χ3v) is 5.98. The summed E-state index contributed by atoms with van der Waals surface area (Å²) in [5.74, 6) is -2.78. The molecule has 9 heteroatoms. The number of rotatable bonds is 3. The number of anilines is 1. The van der Waals surface area contributed by atoms with Gasteiger partial charge in [-0.05, 0) is 40.9 Å². The fourth-order valence-electron chi connectivity index (χ4n) is 3.70. The van der Waals surface area contributed by atoms with E-state index in [-0.39, 0.29) is 15.9 Å². The highest BCUT2D eigenvalue weighted by Crippen LogP contribution is 2.67. The summed E-state index contributed by atoms with van der Waals surface area (Å²) in [6.45, 7) is 0. The number of hydrogen-bond acceptors (Lipinski definition) is 4. The van der Waals surface area contributed by atoms with Crippen molar-refractivity contribution in [2.24, 2.45) is 11.8 Å². The van der Waals surface area contributed by atoms with Gasteiger partial charge in [-0.1, -0.05) is 11.6 Å². The average Bonchev–Trinajstić information content (AvgIpc) is 2.94. The van der Waals surface area contributed by atoms with E-state index in [0.29, 0.717) is 35.3 Å². The van der Waals surface area contributed by atoms with Crippen LogP contribution in [0.4, 0.5) is 14.6 Å². The Hall–Kier alpha value is -1.54. The fourth-order valence-corrected chi connectivity index (χ4v) is 4.28. The summed E-state index contributed by atoms with van der Waals surface area (Å²) in [5.41, 5.74) is -0.337. The Kier molecular flexibility index (Phi) is 3.88. The minimum absolute atomic E-state index is 0.208. The van der Waals surface area contributed by atoms with Crippen molar-refractivity contribution >= 4 is 33.3 Å². The first kappa shape index (κ1) is 16.9. The standard InChI is InChI=1S/C16H14BrClF2N4O/c1-21-13-12(17)15(25)24(11-3-2-8(18)6-22-11)14(23-13)7-4-9-10(5-7)16(9,19)20/h2-3,6-7,9-10,21H,4-5H2,1H3/t7-,9+,10-. The average molecular weight is 432 g/mol. The van der Waals surface area contributed by atoms with Gasteiger partial charge in [-0.25, -0.2) is 23.3 Å². The first-order valence-electron chi connectivity index (χ1n) is 7.84. The van der Waals surface area contributed by atoms with Crippen LogP contribution in [0.5, 0.6) is 0 Å². The topological polar surface area (TPSA) is 59.8 Å². The zero-order valence-electron chi connectivity index (χ0n) is 13.1. The normalized spacial score (nSPS) is 26.4. The zero-order chi connectivity index (χ0) is 17.9. The highest BCUT2D eigenvalue weighted by Gasteiger charge is 2.71. The first-order chi connectivity index (χ1) is 11.8. The smallest absolute Gasteiger partial charge is 0.275 e. The molecule has 0 aromatic carbocycles. The van der Waals surface area contributed by atoms with Gasteiger partial charge in [0.15, 0.2) is 0 Å². The van der Waals surface area contributed by atoms with E-state index in [1.165, 1.54) is 10.8 Å². The maximum Gasteiger partial charge on any atom is 0.275 e. The predicted octanol–water partition coefficient (Wildman–Crippen LogP) is 3.84. The van der Waals surface area contributed by atoms with Crippen LogP contribution in [0, 0.1) is 11.8 Å². The lowest BCUT2D eigenvalue weighted by atomic mass is 10.0. The zero-order valence-corrected chi connectivity index (χ0v) is 15.5. The Bertz CT molecular complexity index is 888. The number of aromatic nitrogens is 3. The van der Waals surface area contributed by atoms with Crippen molar-refractivity contribution in [3.8, 4) is 5.82 Å². The predicted molar refractivity (Wildman–Crippen MR) is 93.8 cm³/mol. The van der Waals surface area contributed by atoms with Gasteiger partial charge in [0, 0.05) is 31.0 Å². The minimum atomic E-state index is -2.57. The van der Waals surface area contributed by atoms with Crippen molar-refractivity contribution in [2.45, 2.75) is 24.7 Å². The van der Waals surface area contributed by atoms with Crippen LogP contribution in [0.15, 0.2) is 27.6 Å². The molecule has 2 fully saturated rings. The van der Waals surface area contributed by atoms with Crippen molar-refractivity contribution in [3.63, 3.8) is 0 Å². The van der Waals surface area contributed by atoms with Crippen LogP contribution in [0.2, 0.25) is 5.02 Å². The Morgan fingerprint density at radius 3 is 2.60 bits per heavy atom. The molecular weight excluding hydrogens is 418 g/mol. The van der Waals surface area contributed by atoms with Crippen LogP contribution in [0.1, 0.15) is 24.6 Å². The maximum atomic E-state index is 13.6. The molecule has 2 aromatic rings. The molecule has 0 amide bonds. The molecule has 2 aliphatic carbocycles. The summed E-state index contributed by atoms with van der Waals surface area (Å²) in [7, 11) is 1.65. The monoisotopic (exact) mass is 430 g/mol. The van der Waals surface area contributed by atoms with Crippen LogP contribution < -0.4 is 10.9 Å². The van der Waals surface area contributed by atoms with Crippen LogP contribution in [0.3, 0.4) is 0 Å². The molecule has 2 heterocycles. The number of halogens is 4. The van der Waals surface area contributed by atoms with Crippen molar-refractivity contribution in [1.82, 2.24) is 14.5 Å². The molecule has 0 saturated heterocycles. The lowest BCUT2D eigenvalue weighted by Crippen LogP contribution is -2.28. The lowest BCUT2D eigenvalue weighted by Gasteiger charge is -2.20. The summed E-state index contributed by atoms with van der Waals surface area (Å²) in [5, 5.41) is 3.31. The third kappa shape index (κ3) is 2.57. The molecule has 132 valence electrons. The second-order valence-corrected chi connectivity index (χ2v) is 7.64. The van der Waals surface area contributed by atoms with E-state index in [1.54, 1.807) is 19.2 Å².